The lowest BCUT2D eigenvalue weighted by molar-refractivity contribution is -0.139. The zero-order valence-corrected chi connectivity index (χ0v) is 14.4. The molecule has 2 aliphatic heterocycles. The van der Waals surface area contributed by atoms with Crippen LogP contribution in [0.5, 0.6) is 0 Å². The number of amides is 1. The highest BCUT2D eigenvalue weighted by Crippen LogP contribution is 2.50. The molecule has 2 aromatic rings. The van der Waals surface area contributed by atoms with Crippen molar-refractivity contribution in [1.29, 1.82) is 0 Å². The van der Waals surface area contributed by atoms with Crippen molar-refractivity contribution >= 4 is 5.91 Å². The van der Waals surface area contributed by atoms with Crippen LogP contribution in [0.25, 0.3) is 0 Å². The normalized spacial score (nSPS) is 26.5. The first kappa shape index (κ1) is 15.2. The molecule has 2 fully saturated rings. The van der Waals surface area contributed by atoms with Gasteiger partial charge in [-0.25, -0.2) is 0 Å². The molecule has 2 aromatic carbocycles. The van der Waals surface area contributed by atoms with Crippen LogP contribution in [-0.2, 0) is 21.7 Å². The number of nitrogens with zero attached hydrogens (tertiary/aromatic N) is 1. The topological polar surface area (TPSA) is 29.5 Å². The predicted molar refractivity (Wildman–Crippen MR) is 96.0 cm³/mol. The molecular formula is C22H23NO2. The second kappa shape index (κ2) is 5.70. The third-order valence-electron chi connectivity index (χ3n) is 6.23. The molecule has 1 saturated carbocycles. The van der Waals surface area contributed by atoms with Crippen molar-refractivity contribution in [2.75, 3.05) is 13.1 Å². The number of benzene rings is 2. The van der Waals surface area contributed by atoms with Crippen LogP contribution in [0.3, 0.4) is 0 Å². The number of hydrogen-bond donors (Lipinski definition) is 0. The van der Waals surface area contributed by atoms with Gasteiger partial charge in [0.2, 0.25) is 5.91 Å². The summed E-state index contributed by atoms with van der Waals surface area (Å²) in [7, 11) is 0. The number of carbonyl (C=O) groups excluding carboxylic acids is 1. The highest BCUT2D eigenvalue weighted by molar-refractivity contribution is 5.83. The molecule has 1 aliphatic carbocycles. The van der Waals surface area contributed by atoms with Crippen molar-refractivity contribution in [2.45, 2.75) is 37.4 Å². The molecule has 2 atom stereocenters. The van der Waals surface area contributed by atoms with Gasteiger partial charge in [-0.05, 0) is 41.9 Å². The van der Waals surface area contributed by atoms with Crippen LogP contribution in [0.15, 0.2) is 54.6 Å². The number of ether oxygens (including phenoxy) is 1. The van der Waals surface area contributed by atoms with E-state index >= 15 is 0 Å². The molecule has 3 heteroatoms. The molecule has 0 N–H and O–H groups in total. The Hall–Kier alpha value is -2.13. The number of piperidine rings is 1. The number of hydrogen-bond acceptors (Lipinski definition) is 2. The van der Waals surface area contributed by atoms with E-state index in [2.05, 4.69) is 53.4 Å². The molecule has 3 nitrogen and oxygen atoms in total. The lowest BCUT2D eigenvalue weighted by atomic mass is 9.83. The maximum Gasteiger partial charge on any atom is 0.226 e. The Kier molecular flexibility index (Phi) is 3.46. The van der Waals surface area contributed by atoms with E-state index in [9.17, 15) is 4.79 Å². The second-order valence-electron chi connectivity index (χ2n) is 7.62. The molecule has 0 aromatic heterocycles. The van der Waals surface area contributed by atoms with Gasteiger partial charge < -0.3 is 9.64 Å². The molecule has 128 valence electrons. The Morgan fingerprint density at radius 3 is 2.52 bits per heavy atom. The minimum atomic E-state index is -0.157. The molecular weight excluding hydrogens is 310 g/mol. The van der Waals surface area contributed by atoms with Crippen LogP contribution in [0.4, 0.5) is 0 Å². The minimum Gasteiger partial charge on any atom is -0.365 e. The summed E-state index contributed by atoms with van der Waals surface area (Å²) in [6.45, 7) is 2.33. The van der Waals surface area contributed by atoms with Crippen molar-refractivity contribution in [3.8, 4) is 0 Å². The molecule has 0 bridgehead atoms. The molecule has 5 rings (SSSR count). The van der Waals surface area contributed by atoms with Gasteiger partial charge in [-0.1, -0.05) is 54.6 Å². The van der Waals surface area contributed by atoms with Gasteiger partial charge in [-0.3, -0.25) is 4.79 Å². The van der Waals surface area contributed by atoms with E-state index < -0.39 is 0 Å². The van der Waals surface area contributed by atoms with Crippen molar-refractivity contribution in [3.63, 3.8) is 0 Å². The Bertz CT molecular complexity index is 793. The summed E-state index contributed by atoms with van der Waals surface area (Å²) in [5.41, 5.74) is 3.81. The molecule has 1 spiro atoms. The zero-order chi connectivity index (χ0) is 16.9. The van der Waals surface area contributed by atoms with Crippen LogP contribution in [0, 0.1) is 5.92 Å². The average Bonchev–Trinajstić information content (AvgIpc) is 3.41. The molecule has 1 saturated heterocycles. The molecule has 1 unspecified atom stereocenters. The van der Waals surface area contributed by atoms with Gasteiger partial charge in [0, 0.05) is 19.0 Å². The predicted octanol–water partition coefficient (Wildman–Crippen LogP) is 3.84. The summed E-state index contributed by atoms with van der Waals surface area (Å²) in [6.07, 6.45) is 2.83. The quantitative estimate of drug-likeness (QED) is 0.836. The number of likely N-dealkylation sites (tertiary alicyclic amines) is 1. The Morgan fingerprint density at radius 1 is 1.00 bits per heavy atom. The van der Waals surface area contributed by atoms with Gasteiger partial charge in [-0.15, -0.1) is 0 Å². The minimum absolute atomic E-state index is 0.157. The first-order valence-electron chi connectivity index (χ1n) is 9.33. The maximum absolute atomic E-state index is 12.9. The monoisotopic (exact) mass is 333 g/mol. The second-order valence-corrected chi connectivity index (χ2v) is 7.62. The highest BCUT2D eigenvalue weighted by Gasteiger charge is 2.48. The van der Waals surface area contributed by atoms with Crippen molar-refractivity contribution < 1.29 is 9.53 Å². The molecule has 2 heterocycles. The average molecular weight is 333 g/mol. The molecule has 25 heavy (non-hydrogen) atoms. The lowest BCUT2D eigenvalue weighted by Crippen LogP contribution is -2.45. The van der Waals surface area contributed by atoms with E-state index in [0.717, 1.165) is 32.4 Å². The fourth-order valence-electron chi connectivity index (χ4n) is 4.66. The van der Waals surface area contributed by atoms with Crippen LogP contribution in [-0.4, -0.2) is 23.9 Å². The van der Waals surface area contributed by atoms with Gasteiger partial charge in [0.15, 0.2) is 0 Å². The third kappa shape index (κ3) is 2.49. The highest BCUT2D eigenvalue weighted by atomic mass is 16.5. The van der Waals surface area contributed by atoms with E-state index in [1.807, 2.05) is 6.07 Å². The summed E-state index contributed by atoms with van der Waals surface area (Å²) >= 11 is 0. The lowest BCUT2D eigenvalue weighted by Gasteiger charge is -2.39. The standard InChI is InChI=1S/C22H23NO2/c24-21(19-14-18(19)16-6-2-1-3-7-16)23-12-10-22(11-13-23)20-9-5-4-8-17(20)15-25-22/h1-9,18-19H,10-15H2/t18-,19?/m0/s1. The summed E-state index contributed by atoms with van der Waals surface area (Å²) in [5, 5.41) is 0. The van der Waals surface area contributed by atoms with E-state index in [1.165, 1.54) is 16.7 Å². The molecule has 3 aliphatic rings. The number of rotatable bonds is 2. The Balaban J connectivity index is 1.25. The van der Waals surface area contributed by atoms with Gasteiger partial charge in [0.05, 0.1) is 12.2 Å². The molecule has 1 amide bonds. The Morgan fingerprint density at radius 2 is 1.72 bits per heavy atom. The van der Waals surface area contributed by atoms with Crippen molar-refractivity contribution in [1.82, 2.24) is 4.90 Å². The fourth-order valence-corrected chi connectivity index (χ4v) is 4.66. The summed E-state index contributed by atoms with van der Waals surface area (Å²) in [4.78, 5) is 15.0. The van der Waals surface area contributed by atoms with Gasteiger partial charge in [-0.2, -0.15) is 0 Å². The van der Waals surface area contributed by atoms with Crippen LogP contribution < -0.4 is 0 Å². The van der Waals surface area contributed by atoms with E-state index in [-0.39, 0.29) is 11.5 Å². The summed E-state index contributed by atoms with van der Waals surface area (Å²) < 4.78 is 6.21. The van der Waals surface area contributed by atoms with Gasteiger partial charge in [0.1, 0.15) is 0 Å². The first-order valence-corrected chi connectivity index (χ1v) is 9.33. The largest absolute Gasteiger partial charge is 0.365 e. The van der Waals surface area contributed by atoms with Crippen molar-refractivity contribution in [2.24, 2.45) is 5.92 Å². The van der Waals surface area contributed by atoms with Crippen LogP contribution in [0.1, 0.15) is 41.9 Å². The van der Waals surface area contributed by atoms with Gasteiger partial charge >= 0.3 is 0 Å². The number of fused-ring (bicyclic) bond motifs is 2. The van der Waals surface area contributed by atoms with Gasteiger partial charge in [0.25, 0.3) is 0 Å². The zero-order valence-electron chi connectivity index (χ0n) is 14.4. The van der Waals surface area contributed by atoms with Crippen LogP contribution >= 0.6 is 0 Å². The maximum atomic E-state index is 12.9. The summed E-state index contributed by atoms with van der Waals surface area (Å²) in [6, 6.07) is 19.0. The SMILES string of the molecule is O=C(C1C[C@H]1c1ccccc1)N1CCC2(CC1)OCc1ccccc12. The third-order valence-corrected chi connectivity index (χ3v) is 6.23. The van der Waals surface area contributed by atoms with E-state index in [0.29, 0.717) is 18.4 Å². The smallest absolute Gasteiger partial charge is 0.226 e. The van der Waals surface area contributed by atoms with E-state index in [4.69, 9.17) is 4.74 Å². The first-order chi connectivity index (χ1) is 12.3. The summed E-state index contributed by atoms with van der Waals surface area (Å²) in [5.74, 6) is 0.955. The number of carbonyl (C=O) groups is 1. The van der Waals surface area contributed by atoms with Crippen LogP contribution in [0.2, 0.25) is 0 Å². The Labute approximate surface area is 148 Å². The van der Waals surface area contributed by atoms with E-state index in [1.54, 1.807) is 0 Å². The van der Waals surface area contributed by atoms with Crippen molar-refractivity contribution in [3.05, 3.63) is 71.3 Å². The molecule has 0 radical (unpaired) electrons. The fraction of sp³-hybridized carbons (Fsp3) is 0.409.